The van der Waals surface area contributed by atoms with Gasteiger partial charge in [-0.1, -0.05) is 88.9 Å². The van der Waals surface area contributed by atoms with E-state index in [9.17, 15) is 4.79 Å². The second-order valence-electron chi connectivity index (χ2n) is 9.36. The van der Waals surface area contributed by atoms with Gasteiger partial charge in [0.15, 0.2) is 28.8 Å². The van der Waals surface area contributed by atoms with Gasteiger partial charge in [0.2, 0.25) is 0 Å². The van der Waals surface area contributed by atoms with E-state index in [0.717, 1.165) is 41.9 Å². The molecule has 0 N–H and O–H groups in total. The fourth-order valence-electron chi connectivity index (χ4n) is 6.13. The van der Waals surface area contributed by atoms with Gasteiger partial charge in [-0.3, -0.25) is 4.79 Å². The van der Waals surface area contributed by atoms with E-state index in [-0.39, 0.29) is 23.9 Å². The maximum atomic E-state index is 14.4. The highest BCUT2D eigenvalue weighted by Gasteiger charge is 2.79. The number of ether oxygens (including phenoxy) is 2. The normalized spacial score (nSPS) is 31.9. The number of fused-ring (bicyclic) bond motifs is 5. The third-order valence-corrected chi connectivity index (χ3v) is 13.2. The number of ketones is 1. The summed E-state index contributed by atoms with van der Waals surface area (Å²) in [5, 5.41) is 0. The van der Waals surface area contributed by atoms with Gasteiger partial charge in [-0.05, 0) is 60.6 Å². The van der Waals surface area contributed by atoms with Crippen LogP contribution in [0.3, 0.4) is 0 Å². The average molecular weight is 796 g/mol. The van der Waals surface area contributed by atoms with Crippen molar-refractivity contribution in [2.24, 2.45) is 0 Å². The summed E-state index contributed by atoms with van der Waals surface area (Å²) in [6.45, 7) is 6.45. The molecular weight excluding hydrogens is 769 g/mol. The highest BCUT2D eigenvalue weighted by atomic mass is 127. The number of benzene rings is 2. The van der Waals surface area contributed by atoms with Crippen LogP contribution in [0.25, 0.3) is 5.57 Å². The monoisotopic (exact) mass is 796 g/mol. The van der Waals surface area contributed by atoms with Crippen LogP contribution in [0.1, 0.15) is 54.0 Å². The van der Waals surface area contributed by atoms with E-state index in [1.165, 1.54) is 22.3 Å². The summed E-state index contributed by atoms with van der Waals surface area (Å²) in [4.78, 5) is 14.4. The van der Waals surface area contributed by atoms with Gasteiger partial charge in [0.25, 0.3) is 0 Å². The molecule has 2 bridgehead atoms. The SMILES string of the molecule is CCc1cc(C)cc(CC)c1C1=C(OI)[C@]2(I)C3O[C@@H](CC3c3ccc(OC)cc3)[C@]2(I)C1=O. The Balaban J connectivity index is 1.69. The van der Waals surface area contributed by atoms with Crippen molar-refractivity contribution in [1.82, 2.24) is 0 Å². The van der Waals surface area contributed by atoms with Gasteiger partial charge in [0.1, 0.15) is 18.4 Å². The van der Waals surface area contributed by atoms with E-state index >= 15 is 0 Å². The van der Waals surface area contributed by atoms with Crippen LogP contribution >= 0.6 is 68.2 Å². The molecule has 2 aliphatic heterocycles. The largest absolute Gasteiger partial charge is 0.497 e. The Morgan fingerprint density at radius 2 is 1.68 bits per heavy atom. The maximum absolute atomic E-state index is 14.4. The Kier molecular flexibility index (Phi) is 6.81. The van der Waals surface area contributed by atoms with Gasteiger partial charge in [-0.15, -0.1) is 0 Å². The predicted molar refractivity (Wildman–Crippen MR) is 159 cm³/mol. The quantitative estimate of drug-likeness (QED) is 0.232. The molecule has 1 aliphatic carbocycles. The lowest BCUT2D eigenvalue weighted by Gasteiger charge is -2.41. The summed E-state index contributed by atoms with van der Waals surface area (Å²) in [5.74, 6) is 1.96. The highest BCUT2D eigenvalue weighted by Crippen LogP contribution is 2.70. The zero-order valence-electron chi connectivity index (χ0n) is 19.6. The van der Waals surface area contributed by atoms with E-state index < -0.39 is 6.84 Å². The molecule has 2 unspecified atom stereocenters. The van der Waals surface area contributed by atoms with E-state index in [4.69, 9.17) is 12.5 Å². The molecule has 2 aromatic rings. The second-order valence-corrected chi connectivity index (χ2v) is 13.2. The molecule has 3 aliphatic rings. The molecule has 5 rings (SSSR count). The Morgan fingerprint density at radius 3 is 2.21 bits per heavy atom. The molecule has 2 saturated heterocycles. The highest BCUT2D eigenvalue weighted by molar-refractivity contribution is 14.1. The number of Topliss-reactive ketones (excluding diaryl/α,β-unsaturated/α-hetero) is 1. The van der Waals surface area contributed by atoms with E-state index in [2.05, 4.69) is 90.2 Å². The van der Waals surface area contributed by atoms with Gasteiger partial charge in [0, 0.05) is 5.92 Å². The Labute approximate surface area is 242 Å². The minimum atomic E-state index is -0.685. The van der Waals surface area contributed by atoms with Crippen LogP contribution in [-0.2, 0) is 25.4 Å². The molecule has 0 aromatic heterocycles. The van der Waals surface area contributed by atoms with Crippen molar-refractivity contribution in [3.05, 3.63) is 70.0 Å². The summed E-state index contributed by atoms with van der Waals surface area (Å²) in [6, 6.07) is 12.7. The molecule has 180 valence electrons. The molecule has 0 spiro atoms. The number of hydrogen-bond donors (Lipinski definition) is 0. The fraction of sp³-hybridized carbons (Fsp3) is 0.444. The van der Waals surface area contributed by atoms with Crippen molar-refractivity contribution in [2.75, 3.05) is 7.11 Å². The van der Waals surface area contributed by atoms with Gasteiger partial charge < -0.3 is 12.5 Å². The first-order chi connectivity index (χ1) is 16.3. The molecule has 4 nitrogen and oxygen atoms in total. The second kappa shape index (κ2) is 9.16. The molecule has 7 heteroatoms. The molecular formula is C27H27I3O4. The summed E-state index contributed by atoms with van der Waals surface area (Å²) in [6.07, 6.45) is 2.27. The molecule has 5 atom stereocenters. The number of rotatable bonds is 6. The number of alkyl halides is 2. The van der Waals surface area contributed by atoms with E-state index in [1.807, 2.05) is 35.1 Å². The lowest BCUT2D eigenvalue weighted by Crippen LogP contribution is -2.56. The lowest BCUT2D eigenvalue weighted by atomic mass is 9.72. The third-order valence-electron chi connectivity index (χ3n) is 7.70. The van der Waals surface area contributed by atoms with E-state index in [0.29, 0.717) is 0 Å². The smallest absolute Gasteiger partial charge is 0.192 e. The summed E-state index contributed by atoms with van der Waals surface area (Å²) in [7, 11) is 1.68. The molecule has 0 radical (unpaired) electrons. The van der Waals surface area contributed by atoms with Crippen LogP contribution in [0, 0.1) is 6.92 Å². The third kappa shape index (κ3) is 3.31. The molecule has 34 heavy (non-hydrogen) atoms. The molecule has 0 saturated carbocycles. The van der Waals surface area contributed by atoms with Crippen molar-refractivity contribution >= 4 is 79.5 Å². The Bertz CT molecular complexity index is 1170. The van der Waals surface area contributed by atoms with Crippen molar-refractivity contribution in [2.45, 2.75) is 65.0 Å². The minimum Gasteiger partial charge on any atom is -0.497 e. The summed E-state index contributed by atoms with van der Waals surface area (Å²) < 4.78 is 16.8. The first-order valence-corrected chi connectivity index (χ1v) is 14.7. The first kappa shape index (κ1) is 25.3. The van der Waals surface area contributed by atoms with Crippen molar-refractivity contribution in [1.29, 1.82) is 0 Å². The van der Waals surface area contributed by atoms with Crippen molar-refractivity contribution in [3.8, 4) is 5.75 Å². The zero-order chi connectivity index (χ0) is 24.4. The van der Waals surface area contributed by atoms with Crippen LogP contribution in [0.5, 0.6) is 5.75 Å². The lowest BCUT2D eigenvalue weighted by molar-refractivity contribution is -0.116. The van der Waals surface area contributed by atoms with Crippen LogP contribution < -0.4 is 4.74 Å². The molecule has 2 heterocycles. The average Bonchev–Trinajstić information content (AvgIpc) is 3.44. The zero-order valence-corrected chi connectivity index (χ0v) is 26.1. The summed E-state index contributed by atoms with van der Waals surface area (Å²) >= 11 is 6.86. The first-order valence-electron chi connectivity index (χ1n) is 11.6. The van der Waals surface area contributed by atoms with Gasteiger partial charge in [-0.2, -0.15) is 0 Å². The van der Waals surface area contributed by atoms with Crippen LogP contribution in [0.2, 0.25) is 0 Å². The number of carbonyl (C=O) groups excluding carboxylic acids is 1. The number of methoxy groups -OCH3 is 1. The summed E-state index contributed by atoms with van der Waals surface area (Å²) in [5.41, 5.74) is 6.72. The topological polar surface area (TPSA) is 44.8 Å². The van der Waals surface area contributed by atoms with Gasteiger partial charge >= 0.3 is 0 Å². The van der Waals surface area contributed by atoms with Crippen molar-refractivity contribution in [3.63, 3.8) is 0 Å². The van der Waals surface area contributed by atoms with E-state index in [1.54, 1.807) is 7.11 Å². The molecule has 0 amide bonds. The molecule has 2 fully saturated rings. The van der Waals surface area contributed by atoms with Gasteiger partial charge in [-0.25, -0.2) is 0 Å². The number of halogens is 3. The van der Waals surface area contributed by atoms with Gasteiger partial charge in [0.05, 0.1) is 24.9 Å². The number of hydrogen-bond acceptors (Lipinski definition) is 4. The fourth-order valence-corrected chi connectivity index (χ4v) is 9.89. The van der Waals surface area contributed by atoms with Crippen molar-refractivity contribution < 1.29 is 17.3 Å². The van der Waals surface area contributed by atoms with Crippen LogP contribution in [0.4, 0.5) is 0 Å². The number of carbonyl (C=O) groups is 1. The number of allylic oxidation sites excluding steroid dienone is 1. The standard InChI is InChI=1S/C27H27I3O4/c1-5-15-11-14(3)12-16(6-2)21(15)22-23(31)26(28)20-13-19(17-7-9-18(32-4)10-8-17)24(33-20)27(26,29)25(22)34-30/h7-12,19-20,24H,5-6,13H2,1-4H3/t19?,20-,24?,26-,27+/m0/s1. The maximum Gasteiger partial charge on any atom is 0.192 e. The minimum absolute atomic E-state index is 0.143. The predicted octanol–water partition coefficient (Wildman–Crippen LogP) is 7.09. The number of aryl methyl sites for hydroxylation is 3. The Hall–Kier alpha value is -0.400. The molecule has 2 aromatic carbocycles. The van der Waals surface area contributed by atoms with Crippen LogP contribution in [-0.4, -0.2) is 31.9 Å². The van der Waals surface area contributed by atoms with Crippen LogP contribution in [0.15, 0.2) is 42.2 Å². The Morgan fingerprint density at radius 1 is 1.06 bits per heavy atom.